The van der Waals surface area contributed by atoms with Gasteiger partial charge >= 0.3 is 0 Å². The van der Waals surface area contributed by atoms with Gasteiger partial charge < -0.3 is 10.0 Å². The molecule has 2 aliphatic rings. The van der Waals surface area contributed by atoms with Crippen molar-refractivity contribution in [3.05, 3.63) is 65.3 Å². The van der Waals surface area contributed by atoms with Gasteiger partial charge in [-0.05, 0) is 77.1 Å². The van der Waals surface area contributed by atoms with Crippen LogP contribution in [0.3, 0.4) is 0 Å². The van der Waals surface area contributed by atoms with E-state index in [2.05, 4.69) is 80.6 Å². The van der Waals surface area contributed by atoms with Crippen molar-refractivity contribution in [2.24, 2.45) is 17.8 Å². The van der Waals surface area contributed by atoms with Crippen molar-refractivity contribution in [2.75, 3.05) is 20.6 Å². The van der Waals surface area contributed by atoms with Crippen LogP contribution in [0.1, 0.15) is 49.7 Å². The third-order valence-electron chi connectivity index (χ3n) is 6.33. The molecular formula is C26H37NO. The van der Waals surface area contributed by atoms with Crippen LogP contribution in [0.25, 0.3) is 6.08 Å². The summed E-state index contributed by atoms with van der Waals surface area (Å²) in [6, 6.07) is 8.53. The zero-order valence-corrected chi connectivity index (χ0v) is 17.8. The van der Waals surface area contributed by atoms with E-state index in [9.17, 15) is 5.11 Å². The van der Waals surface area contributed by atoms with Crippen molar-refractivity contribution >= 4 is 6.08 Å². The topological polar surface area (TPSA) is 23.5 Å². The zero-order chi connectivity index (χ0) is 19.9. The van der Waals surface area contributed by atoms with Crippen LogP contribution in [0.4, 0.5) is 0 Å². The van der Waals surface area contributed by atoms with Crippen molar-refractivity contribution in [1.82, 2.24) is 4.90 Å². The van der Waals surface area contributed by atoms with Crippen molar-refractivity contribution in [1.29, 1.82) is 0 Å². The number of allylic oxidation sites excluding steroid dienone is 4. The van der Waals surface area contributed by atoms with E-state index in [1.165, 1.54) is 49.8 Å². The van der Waals surface area contributed by atoms with Crippen molar-refractivity contribution in [2.45, 2.75) is 51.6 Å². The Bertz CT molecular complexity index is 715. The van der Waals surface area contributed by atoms with E-state index < -0.39 is 0 Å². The lowest BCUT2D eigenvalue weighted by atomic mass is 9.89. The van der Waals surface area contributed by atoms with Crippen LogP contribution >= 0.6 is 0 Å². The molecule has 152 valence electrons. The molecule has 3 rings (SSSR count). The molecule has 4 atom stereocenters. The van der Waals surface area contributed by atoms with E-state index in [1.807, 2.05) is 0 Å². The maximum absolute atomic E-state index is 10.5. The largest absolute Gasteiger partial charge is 0.392 e. The third-order valence-corrected chi connectivity index (χ3v) is 6.33. The smallest absolute Gasteiger partial charge is 0.0611 e. The van der Waals surface area contributed by atoms with Gasteiger partial charge in [-0.25, -0.2) is 0 Å². The summed E-state index contributed by atoms with van der Waals surface area (Å²) in [6.07, 6.45) is 18.3. The fourth-order valence-corrected chi connectivity index (χ4v) is 4.88. The maximum Gasteiger partial charge on any atom is 0.0611 e. The normalized spacial score (nSPS) is 27.2. The van der Waals surface area contributed by atoms with Crippen LogP contribution in [-0.2, 0) is 0 Å². The molecule has 0 amide bonds. The van der Waals surface area contributed by atoms with Gasteiger partial charge in [-0.3, -0.25) is 0 Å². The van der Waals surface area contributed by atoms with Crippen LogP contribution in [0.5, 0.6) is 0 Å². The number of fused-ring (bicyclic) bond motifs is 1. The average molecular weight is 380 g/mol. The molecular weight excluding hydrogens is 342 g/mol. The highest BCUT2D eigenvalue weighted by Crippen LogP contribution is 2.48. The molecule has 0 spiro atoms. The van der Waals surface area contributed by atoms with Gasteiger partial charge in [-0.15, -0.1) is 0 Å². The molecule has 0 aromatic heterocycles. The Hall–Kier alpha value is -1.64. The highest BCUT2D eigenvalue weighted by atomic mass is 16.3. The Morgan fingerprint density at radius 1 is 1.14 bits per heavy atom. The molecule has 2 nitrogen and oxygen atoms in total. The number of nitrogens with zero attached hydrogens (tertiary/aromatic N) is 1. The molecule has 0 saturated heterocycles. The molecule has 0 aliphatic heterocycles. The van der Waals surface area contributed by atoms with Crippen LogP contribution in [-0.4, -0.2) is 36.8 Å². The summed E-state index contributed by atoms with van der Waals surface area (Å²) in [5, 5.41) is 10.5. The fourth-order valence-electron chi connectivity index (χ4n) is 4.88. The second kappa shape index (κ2) is 10.2. The van der Waals surface area contributed by atoms with E-state index >= 15 is 0 Å². The molecule has 0 radical (unpaired) electrons. The Balaban J connectivity index is 1.47. The van der Waals surface area contributed by atoms with E-state index in [1.54, 1.807) is 5.57 Å². The molecule has 1 aromatic rings. The first kappa shape index (κ1) is 21.1. The summed E-state index contributed by atoms with van der Waals surface area (Å²) in [4.78, 5) is 2.27. The summed E-state index contributed by atoms with van der Waals surface area (Å²) in [5.74, 6) is 1.49. The van der Waals surface area contributed by atoms with E-state index in [-0.39, 0.29) is 6.10 Å². The molecule has 28 heavy (non-hydrogen) atoms. The minimum Gasteiger partial charge on any atom is -0.392 e. The molecule has 0 unspecified atom stereocenters. The number of aliphatic hydroxyl groups is 1. The Morgan fingerprint density at radius 2 is 2.00 bits per heavy atom. The predicted octanol–water partition coefficient (Wildman–Crippen LogP) is 5.63. The minimum atomic E-state index is -0.184. The van der Waals surface area contributed by atoms with Crippen molar-refractivity contribution < 1.29 is 5.11 Å². The second-order valence-corrected chi connectivity index (χ2v) is 9.01. The lowest BCUT2D eigenvalue weighted by Crippen LogP contribution is -2.16. The molecule has 1 N–H and O–H groups in total. The zero-order valence-electron chi connectivity index (χ0n) is 17.8. The van der Waals surface area contributed by atoms with Crippen molar-refractivity contribution in [3.8, 4) is 0 Å². The molecule has 1 fully saturated rings. The lowest BCUT2D eigenvalue weighted by Gasteiger charge is -2.18. The molecule has 1 saturated carbocycles. The monoisotopic (exact) mass is 379 g/mol. The standard InChI is InChI=1S/C26H37NO/c1-20-10-9-13-21(16-20)11-6-7-14-24-25-18-22(17-23(25)19-26(24)28)12-5-4-8-15-27(2)3/h6-7,9-11,13-14,16-17,23-26,28H,4-5,8,12,15,18-19H2,1-3H3/b11-6+,14-7+/t23-,24+,25-,26+/m0/s1. The van der Waals surface area contributed by atoms with E-state index in [4.69, 9.17) is 0 Å². The van der Waals surface area contributed by atoms with E-state index in [0.29, 0.717) is 17.8 Å². The summed E-state index contributed by atoms with van der Waals surface area (Å²) in [5.41, 5.74) is 4.15. The molecule has 0 heterocycles. The van der Waals surface area contributed by atoms with Gasteiger partial charge in [-0.1, -0.05) is 72.2 Å². The maximum atomic E-state index is 10.5. The first-order valence-corrected chi connectivity index (χ1v) is 11.0. The Kier molecular flexibility index (Phi) is 7.70. The first-order valence-electron chi connectivity index (χ1n) is 11.0. The summed E-state index contributed by atoms with van der Waals surface area (Å²) >= 11 is 0. The first-order chi connectivity index (χ1) is 13.5. The number of benzene rings is 1. The molecule has 1 aromatic carbocycles. The van der Waals surface area contributed by atoms with Gasteiger partial charge in [0.2, 0.25) is 0 Å². The van der Waals surface area contributed by atoms with Crippen LogP contribution < -0.4 is 0 Å². The molecule has 0 bridgehead atoms. The summed E-state index contributed by atoms with van der Waals surface area (Å²) in [6.45, 7) is 3.31. The second-order valence-electron chi connectivity index (χ2n) is 9.01. The van der Waals surface area contributed by atoms with Crippen LogP contribution in [0, 0.1) is 24.7 Å². The van der Waals surface area contributed by atoms with E-state index in [0.717, 1.165) is 6.42 Å². The van der Waals surface area contributed by atoms with Gasteiger partial charge in [0.05, 0.1) is 6.10 Å². The summed E-state index contributed by atoms with van der Waals surface area (Å²) < 4.78 is 0. The SMILES string of the molecule is Cc1cccc(/C=C/C=C/[C@@H]2[C@H]3CC(CCCCCN(C)C)=C[C@H]3C[C@H]2O)c1. The summed E-state index contributed by atoms with van der Waals surface area (Å²) in [7, 11) is 4.30. The van der Waals surface area contributed by atoms with Crippen molar-refractivity contribution in [3.63, 3.8) is 0 Å². The van der Waals surface area contributed by atoms with Gasteiger partial charge in [0, 0.05) is 5.92 Å². The Labute approximate surface area is 171 Å². The number of hydrogen-bond acceptors (Lipinski definition) is 2. The highest BCUT2D eigenvalue weighted by molar-refractivity contribution is 5.52. The number of hydrogen-bond donors (Lipinski definition) is 1. The van der Waals surface area contributed by atoms with Crippen LogP contribution in [0.15, 0.2) is 54.1 Å². The average Bonchev–Trinajstić information content (AvgIpc) is 3.15. The lowest BCUT2D eigenvalue weighted by molar-refractivity contribution is 0.141. The number of aryl methyl sites for hydroxylation is 1. The number of rotatable bonds is 9. The molecule has 2 aliphatic carbocycles. The molecule has 2 heteroatoms. The van der Waals surface area contributed by atoms with Gasteiger partial charge in [0.1, 0.15) is 0 Å². The van der Waals surface area contributed by atoms with Crippen LogP contribution in [0.2, 0.25) is 0 Å². The highest BCUT2D eigenvalue weighted by Gasteiger charge is 2.42. The van der Waals surface area contributed by atoms with Gasteiger partial charge in [-0.2, -0.15) is 0 Å². The minimum absolute atomic E-state index is 0.184. The fraction of sp³-hybridized carbons (Fsp3) is 0.538. The number of aliphatic hydroxyl groups excluding tert-OH is 1. The quantitative estimate of drug-likeness (QED) is 0.341. The van der Waals surface area contributed by atoms with Gasteiger partial charge in [0.15, 0.2) is 0 Å². The number of unbranched alkanes of at least 4 members (excludes halogenated alkanes) is 2. The predicted molar refractivity (Wildman–Crippen MR) is 120 cm³/mol. The van der Waals surface area contributed by atoms with Gasteiger partial charge in [0.25, 0.3) is 0 Å². The third kappa shape index (κ3) is 5.93. The Morgan fingerprint density at radius 3 is 2.79 bits per heavy atom.